The van der Waals surface area contributed by atoms with Crippen molar-refractivity contribution in [3.8, 4) is 5.75 Å². The van der Waals surface area contributed by atoms with Crippen molar-refractivity contribution >= 4 is 5.78 Å². The first kappa shape index (κ1) is 11.3. The summed E-state index contributed by atoms with van der Waals surface area (Å²) in [7, 11) is 1.55. The lowest BCUT2D eigenvalue weighted by Crippen LogP contribution is -2.02. The molecule has 0 bridgehead atoms. The molecule has 1 heterocycles. The maximum absolute atomic E-state index is 12.9. The number of halogens is 1. The molecule has 1 aromatic heterocycles. The molecule has 0 fully saturated rings. The fourth-order valence-corrected chi connectivity index (χ4v) is 1.45. The number of ketones is 1. The van der Waals surface area contributed by atoms with E-state index in [1.807, 2.05) is 0 Å². The van der Waals surface area contributed by atoms with Crippen molar-refractivity contribution in [1.29, 1.82) is 0 Å². The van der Waals surface area contributed by atoms with E-state index in [9.17, 15) is 9.18 Å². The molecule has 0 aliphatic rings. The average molecular weight is 231 g/mol. The Kier molecular flexibility index (Phi) is 3.14. The lowest BCUT2D eigenvalue weighted by molar-refractivity contribution is 0.103. The minimum Gasteiger partial charge on any atom is -0.497 e. The lowest BCUT2D eigenvalue weighted by atomic mass is 10.1. The van der Waals surface area contributed by atoms with Gasteiger partial charge in [-0.1, -0.05) is 0 Å². The first-order chi connectivity index (χ1) is 8.20. The summed E-state index contributed by atoms with van der Waals surface area (Å²) in [6.07, 6.45) is 2.40. The molecule has 2 rings (SSSR count). The van der Waals surface area contributed by atoms with E-state index in [0.29, 0.717) is 11.3 Å². The van der Waals surface area contributed by atoms with Crippen LogP contribution in [-0.2, 0) is 0 Å². The van der Waals surface area contributed by atoms with Gasteiger partial charge < -0.3 is 4.74 Å². The standard InChI is InChI=1S/C13H10FNO2/c1-17-12-4-2-9(3-5-12)13(16)10-6-11(14)8-15-7-10/h2-8H,1H3. The highest BCUT2D eigenvalue weighted by Gasteiger charge is 2.10. The predicted molar refractivity (Wildman–Crippen MR) is 60.6 cm³/mol. The lowest BCUT2D eigenvalue weighted by Gasteiger charge is -2.02. The van der Waals surface area contributed by atoms with Crippen molar-refractivity contribution in [3.63, 3.8) is 0 Å². The van der Waals surface area contributed by atoms with Crippen molar-refractivity contribution in [2.75, 3.05) is 7.11 Å². The minimum absolute atomic E-state index is 0.232. The van der Waals surface area contributed by atoms with Crippen molar-refractivity contribution in [2.45, 2.75) is 0 Å². The Balaban J connectivity index is 2.30. The highest BCUT2D eigenvalue weighted by Crippen LogP contribution is 2.14. The highest BCUT2D eigenvalue weighted by atomic mass is 19.1. The van der Waals surface area contributed by atoms with E-state index in [4.69, 9.17) is 4.74 Å². The Morgan fingerprint density at radius 3 is 2.47 bits per heavy atom. The molecule has 0 aliphatic heterocycles. The van der Waals surface area contributed by atoms with Gasteiger partial charge >= 0.3 is 0 Å². The van der Waals surface area contributed by atoms with Crippen LogP contribution in [0.5, 0.6) is 5.75 Å². The van der Waals surface area contributed by atoms with E-state index in [1.165, 1.54) is 12.3 Å². The van der Waals surface area contributed by atoms with Crippen LogP contribution in [-0.4, -0.2) is 17.9 Å². The van der Waals surface area contributed by atoms with Gasteiger partial charge in [0.15, 0.2) is 5.78 Å². The van der Waals surface area contributed by atoms with Crippen LogP contribution in [0, 0.1) is 5.82 Å². The molecular weight excluding hydrogens is 221 g/mol. The molecule has 0 N–H and O–H groups in total. The molecule has 0 saturated carbocycles. The van der Waals surface area contributed by atoms with Crippen LogP contribution in [0.15, 0.2) is 42.7 Å². The Hall–Kier alpha value is -2.23. The summed E-state index contributed by atoms with van der Waals surface area (Å²) < 4.78 is 17.9. The number of aromatic nitrogens is 1. The maximum Gasteiger partial charge on any atom is 0.194 e. The van der Waals surface area contributed by atoms with Gasteiger partial charge in [-0.3, -0.25) is 9.78 Å². The van der Waals surface area contributed by atoms with Gasteiger partial charge in [0.05, 0.1) is 13.3 Å². The van der Waals surface area contributed by atoms with Gasteiger partial charge in [-0.25, -0.2) is 4.39 Å². The van der Waals surface area contributed by atoms with Gasteiger partial charge in [0, 0.05) is 17.3 Å². The third-order valence-corrected chi connectivity index (χ3v) is 2.32. The summed E-state index contributed by atoms with van der Waals surface area (Å²) in [4.78, 5) is 15.6. The minimum atomic E-state index is -0.524. The second kappa shape index (κ2) is 4.74. The van der Waals surface area contributed by atoms with E-state index >= 15 is 0 Å². The van der Waals surface area contributed by atoms with Crippen molar-refractivity contribution < 1.29 is 13.9 Å². The summed E-state index contributed by atoms with van der Waals surface area (Å²) in [6, 6.07) is 7.79. The second-order valence-corrected chi connectivity index (χ2v) is 3.45. The molecule has 1 aromatic carbocycles. The number of ether oxygens (including phenoxy) is 1. The van der Waals surface area contributed by atoms with Gasteiger partial charge in [-0.05, 0) is 30.3 Å². The van der Waals surface area contributed by atoms with Crippen LogP contribution in [0.2, 0.25) is 0 Å². The fourth-order valence-electron chi connectivity index (χ4n) is 1.45. The Morgan fingerprint density at radius 1 is 1.18 bits per heavy atom. The zero-order valence-electron chi connectivity index (χ0n) is 9.18. The molecule has 17 heavy (non-hydrogen) atoms. The van der Waals surface area contributed by atoms with Crippen LogP contribution in [0.1, 0.15) is 15.9 Å². The smallest absolute Gasteiger partial charge is 0.194 e. The molecule has 86 valence electrons. The van der Waals surface area contributed by atoms with Gasteiger partial charge in [-0.2, -0.15) is 0 Å². The quantitative estimate of drug-likeness (QED) is 0.762. The van der Waals surface area contributed by atoms with Crippen molar-refractivity contribution in [2.24, 2.45) is 0 Å². The average Bonchev–Trinajstić information content (AvgIpc) is 2.38. The Bertz CT molecular complexity index is 537. The van der Waals surface area contributed by atoms with E-state index in [1.54, 1.807) is 31.4 Å². The molecule has 0 aliphatic carbocycles. The highest BCUT2D eigenvalue weighted by molar-refractivity contribution is 6.08. The van der Waals surface area contributed by atoms with E-state index in [2.05, 4.69) is 4.98 Å². The van der Waals surface area contributed by atoms with Gasteiger partial charge in [0.1, 0.15) is 11.6 Å². The van der Waals surface area contributed by atoms with Gasteiger partial charge in [0.2, 0.25) is 0 Å². The molecular formula is C13H10FNO2. The SMILES string of the molecule is COc1ccc(C(=O)c2cncc(F)c2)cc1. The number of hydrogen-bond acceptors (Lipinski definition) is 3. The summed E-state index contributed by atoms with van der Waals surface area (Å²) >= 11 is 0. The zero-order chi connectivity index (χ0) is 12.3. The van der Waals surface area contributed by atoms with E-state index in [-0.39, 0.29) is 11.3 Å². The van der Waals surface area contributed by atoms with Gasteiger partial charge in [0.25, 0.3) is 0 Å². The third kappa shape index (κ3) is 2.47. The summed E-state index contributed by atoms with van der Waals surface area (Å²) in [5, 5.41) is 0. The molecule has 4 heteroatoms. The van der Waals surface area contributed by atoms with Crippen LogP contribution in [0.4, 0.5) is 4.39 Å². The number of carbonyl (C=O) groups is 1. The van der Waals surface area contributed by atoms with Crippen LogP contribution < -0.4 is 4.74 Å². The predicted octanol–water partition coefficient (Wildman–Crippen LogP) is 2.46. The van der Waals surface area contributed by atoms with Crippen LogP contribution in [0.25, 0.3) is 0 Å². The number of methoxy groups -OCH3 is 1. The first-order valence-corrected chi connectivity index (χ1v) is 5.00. The van der Waals surface area contributed by atoms with E-state index < -0.39 is 5.82 Å². The number of pyridine rings is 1. The maximum atomic E-state index is 12.9. The molecule has 2 aromatic rings. The number of hydrogen-bond donors (Lipinski definition) is 0. The molecule has 0 spiro atoms. The second-order valence-electron chi connectivity index (χ2n) is 3.45. The Morgan fingerprint density at radius 2 is 1.88 bits per heavy atom. The largest absolute Gasteiger partial charge is 0.497 e. The molecule has 0 saturated heterocycles. The molecule has 0 unspecified atom stereocenters. The normalized spacial score (nSPS) is 10.0. The first-order valence-electron chi connectivity index (χ1n) is 5.00. The monoisotopic (exact) mass is 231 g/mol. The Labute approximate surface area is 97.9 Å². The molecule has 0 amide bonds. The topological polar surface area (TPSA) is 39.2 Å². The molecule has 3 nitrogen and oxygen atoms in total. The van der Waals surface area contributed by atoms with Crippen molar-refractivity contribution in [1.82, 2.24) is 4.98 Å². The summed E-state index contributed by atoms with van der Waals surface area (Å²) in [6.45, 7) is 0. The van der Waals surface area contributed by atoms with Gasteiger partial charge in [-0.15, -0.1) is 0 Å². The number of benzene rings is 1. The fraction of sp³-hybridized carbons (Fsp3) is 0.0769. The zero-order valence-corrected chi connectivity index (χ0v) is 9.18. The number of nitrogens with zero attached hydrogens (tertiary/aromatic N) is 1. The number of rotatable bonds is 3. The molecule has 0 atom stereocenters. The third-order valence-electron chi connectivity index (χ3n) is 2.32. The van der Waals surface area contributed by atoms with E-state index in [0.717, 1.165) is 6.20 Å². The van der Waals surface area contributed by atoms with Crippen LogP contribution >= 0.6 is 0 Å². The summed E-state index contributed by atoms with van der Waals surface area (Å²) in [5.74, 6) is -0.122. The van der Waals surface area contributed by atoms with Crippen LogP contribution in [0.3, 0.4) is 0 Å². The summed E-state index contributed by atoms with van der Waals surface area (Å²) in [5.41, 5.74) is 0.702. The van der Waals surface area contributed by atoms with Crippen molar-refractivity contribution in [3.05, 3.63) is 59.7 Å². The molecule has 0 radical (unpaired) electrons. The number of carbonyl (C=O) groups excluding carboxylic acids is 1.